The van der Waals surface area contributed by atoms with E-state index in [0.717, 1.165) is 12.8 Å². The highest BCUT2D eigenvalue weighted by atomic mass is 16.3. The zero-order valence-electron chi connectivity index (χ0n) is 9.24. The average molecular weight is 205 g/mol. The highest BCUT2D eigenvalue weighted by molar-refractivity contribution is 5.37. The second-order valence-corrected chi connectivity index (χ2v) is 4.53. The monoisotopic (exact) mass is 205 g/mol. The maximum Gasteiger partial charge on any atom is 0.0505 e. The summed E-state index contributed by atoms with van der Waals surface area (Å²) in [6.45, 7) is 2.97. The van der Waals surface area contributed by atoms with Crippen LogP contribution in [0.5, 0.6) is 0 Å². The van der Waals surface area contributed by atoms with Gasteiger partial charge in [-0.05, 0) is 29.9 Å². The molecule has 0 aromatic heterocycles. The van der Waals surface area contributed by atoms with Crippen molar-refractivity contribution in [3.8, 4) is 0 Å². The minimum absolute atomic E-state index is 0.0225. The van der Waals surface area contributed by atoms with Gasteiger partial charge in [0, 0.05) is 12.0 Å². The van der Waals surface area contributed by atoms with Gasteiger partial charge in [-0.1, -0.05) is 31.2 Å². The molecular weight excluding hydrogens is 186 g/mol. The van der Waals surface area contributed by atoms with Crippen LogP contribution in [0, 0.1) is 5.41 Å². The van der Waals surface area contributed by atoms with E-state index in [-0.39, 0.29) is 12.0 Å². The van der Waals surface area contributed by atoms with E-state index >= 15 is 0 Å². The third-order valence-electron chi connectivity index (χ3n) is 3.72. The van der Waals surface area contributed by atoms with Gasteiger partial charge in [0.25, 0.3) is 0 Å². The van der Waals surface area contributed by atoms with Crippen LogP contribution in [0.3, 0.4) is 0 Å². The lowest BCUT2D eigenvalue weighted by atomic mass is 9.95. The summed E-state index contributed by atoms with van der Waals surface area (Å²) in [6, 6.07) is 8.50. The van der Waals surface area contributed by atoms with Gasteiger partial charge in [-0.15, -0.1) is 0 Å². The molecule has 15 heavy (non-hydrogen) atoms. The molecule has 0 heterocycles. The van der Waals surface area contributed by atoms with Crippen molar-refractivity contribution in [1.82, 2.24) is 0 Å². The quantitative estimate of drug-likeness (QED) is 0.785. The van der Waals surface area contributed by atoms with Crippen LogP contribution >= 0.6 is 0 Å². The minimum atomic E-state index is -0.0225. The molecule has 0 radical (unpaired) electrons. The molecule has 2 atom stereocenters. The molecule has 2 nitrogen and oxygen atoms in total. The summed E-state index contributed by atoms with van der Waals surface area (Å²) in [5.74, 6) is 0.476. The third kappa shape index (κ3) is 1.68. The molecule has 0 saturated heterocycles. The molecule has 1 aliphatic rings. The SMILES string of the molecule is CCc1ccccc1C1CC1(CN)CO. The van der Waals surface area contributed by atoms with E-state index in [2.05, 4.69) is 31.2 Å². The fraction of sp³-hybridized carbons (Fsp3) is 0.538. The Balaban J connectivity index is 2.25. The van der Waals surface area contributed by atoms with Crippen LogP contribution in [0.4, 0.5) is 0 Å². The number of benzene rings is 1. The van der Waals surface area contributed by atoms with Gasteiger partial charge >= 0.3 is 0 Å². The number of rotatable bonds is 4. The lowest BCUT2D eigenvalue weighted by Crippen LogP contribution is -2.21. The van der Waals surface area contributed by atoms with Crippen LogP contribution in [-0.4, -0.2) is 18.3 Å². The number of aliphatic hydroxyl groups excluding tert-OH is 1. The Morgan fingerprint density at radius 2 is 2.20 bits per heavy atom. The maximum absolute atomic E-state index is 9.37. The standard InChI is InChI=1S/C13H19NO/c1-2-10-5-3-4-6-11(10)12-7-13(12,8-14)9-15/h3-6,12,15H,2,7-9,14H2,1H3. The topological polar surface area (TPSA) is 46.2 Å². The van der Waals surface area contributed by atoms with Gasteiger partial charge in [-0.3, -0.25) is 0 Å². The Kier molecular flexibility index (Phi) is 2.81. The first-order chi connectivity index (χ1) is 7.27. The predicted octanol–water partition coefficient (Wildman–Crippen LogP) is 1.67. The van der Waals surface area contributed by atoms with Crippen molar-refractivity contribution in [2.24, 2.45) is 11.1 Å². The Morgan fingerprint density at radius 1 is 1.47 bits per heavy atom. The summed E-state index contributed by atoms with van der Waals surface area (Å²) in [4.78, 5) is 0. The smallest absolute Gasteiger partial charge is 0.0505 e. The normalized spacial score (nSPS) is 29.1. The van der Waals surface area contributed by atoms with Crippen molar-refractivity contribution in [3.05, 3.63) is 35.4 Å². The van der Waals surface area contributed by atoms with Gasteiger partial charge in [0.1, 0.15) is 0 Å². The van der Waals surface area contributed by atoms with Crippen molar-refractivity contribution in [3.63, 3.8) is 0 Å². The molecule has 1 aromatic carbocycles. The Bertz CT molecular complexity index is 344. The van der Waals surface area contributed by atoms with Crippen molar-refractivity contribution in [1.29, 1.82) is 0 Å². The van der Waals surface area contributed by atoms with E-state index in [1.54, 1.807) is 0 Å². The van der Waals surface area contributed by atoms with E-state index in [0.29, 0.717) is 12.5 Å². The molecule has 3 N–H and O–H groups in total. The number of nitrogens with two attached hydrogens (primary N) is 1. The van der Waals surface area contributed by atoms with Crippen LogP contribution < -0.4 is 5.73 Å². The van der Waals surface area contributed by atoms with Crippen LogP contribution in [0.25, 0.3) is 0 Å². The minimum Gasteiger partial charge on any atom is -0.396 e. The van der Waals surface area contributed by atoms with Gasteiger partial charge in [0.15, 0.2) is 0 Å². The number of aliphatic hydroxyl groups is 1. The molecule has 1 saturated carbocycles. The summed E-state index contributed by atoms with van der Waals surface area (Å²) in [6.07, 6.45) is 2.09. The molecule has 2 unspecified atom stereocenters. The molecule has 2 rings (SSSR count). The van der Waals surface area contributed by atoms with Gasteiger partial charge in [0.2, 0.25) is 0 Å². The second-order valence-electron chi connectivity index (χ2n) is 4.53. The average Bonchev–Trinajstić information content (AvgIpc) is 3.04. The van der Waals surface area contributed by atoms with Gasteiger partial charge < -0.3 is 10.8 Å². The van der Waals surface area contributed by atoms with Gasteiger partial charge in [-0.2, -0.15) is 0 Å². The first kappa shape index (κ1) is 10.7. The van der Waals surface area contributed by atoms with Crippen molar-refractivity contribution in [2.75, 3.05) is 13.2 Å². The van der Waals surface area contributed by atoms with Crippen LogP contribution in [0.1, 0.15) is 30.4 Å². The van der Waals surface area contributed by atoms with Crippen LogP contribution in [-0.2, 0) is 6.42 Å². The zero-order valence-corrected chi connectivity index (χ0v) is 9.24. The summed E-state index contributed by atoms with van der Waals surface area (Å²) in [5.41, 5.74) is 8.50. The van der Waals surface area contributed by atoms with E-state index in [9.17, 15) is 5.11 Å². The molecule has 1 aromatic rings. The van der Waals surface area contributed by atoms with Crippen LogP contribution in [0.2, 0.25) is 0 Å². The molecular formula is C13H19NO. The second kappa shape index (κ2) is 3.95. The first-order valence-corrected chi connectivity index (χ1v) is 5.66. The van der Waals surface area contributed by atoms with E-state index in [4.69, 9.17) is 5.73 Å². The Labute approximate surface area is 91.1 Å². The highest BCUT2D eigenvalue weighted by Gasteiger charge is 2.53. The summed E-state index contributed by atoms with van der Waals surface area (Å²) < 4.78 is 0. The summed E-state index contributed by atoms with van der Waals surface area (Å²) in [5, 5.41) is 9.37. The van der Waals surface area contributed by atoms with Gasteiger partial charge in [-0.25, -0.2) is 0 Å². The molecule has 2 heteroatoms. The summed E-state index contributed by atoms with van der Waals surface area (Å²) in [7, 11) is 0. The fourth-order valence-electron chi connectivity index (χ4n) is 2.45. The zero-order chi connectivity index (χ0) is 10.9. The fourth-order valence-corrected chi connectivity index (χ4v) is 2.45. The summed E-state index contributed by atoms with van der Waals surface area (Å²) >= 11 is 0. The number of hydrogen-bond donors (Lipinski definition) is 2. The third-order valence-corrected chi connectivity index (χ3v) is 3.72. The predicted molar refractivity (Wildman–Crippen MR) is 61.8 cm³/mol. The molecule has 1 fully saturated rings. The molecule has 0 aliphatic heterocycles. The largest absolute Gasteiger partial charge is 0.396 e. The van der Waals surface area contributed by atoms with Crippen molar-refractivity contribution < 1.29 is 5.11 Å². The number of hydrogen-bond acceptors (Lipinski definition) is 2. The van der Waals surface area contributed by atoms with Gasteiger partial charge in [0.05, 0.1) is 6.61 Å². The van der Waals surface area contributed by atoms with Crippen molar-refractivity contribution in [2.45, 2.75) is 25.7 Å². The van der Waals surface area contributed by atoms with E-state index in [1.165, 1.54) is 11.1 Å². The Morgan fingerprint density at radius 3 is 2.73 bits per heavy atom. The molecule has 0 spiro atoms. The maximum atomic E-state index is 9.37. The Hall–Kier alpha value is -0.860. The molecule has 0 bridgehead atoms. The lowest BCUT2D eigenvalue weighted by Gasteiger charge is -2.13. The lowest BCUT2D eigenvalue weighted by molar-refractivity contribution is 0.211. The molecule has 82 valence electrons. The highest BCUT2D eigenvalue weighted by Crippen LogP contribution is 2.58. The number of aryl methyl sites for hydroxylation is 1. The van der Waals surface area contributed by atoms with Crippen molar-refractivity contribution >= 4 is 0 Å². The van der Waals surface area contributed by atoms with E-state index in [1.807, 2.05) is 0 Å². The molecule has 0 amide bonds. The van der Waals surface area contributed by atoms with Crippen LogP contribution in [0.15, 0.2) is 24.3 Å². The molecule has 1 aliphatic carbocycles. The first-order valence-electron chi connectivity index (χ1n) is 5.66. The van der Waals surface area contributed by atoms with E-state index < -0.39 is 0 Å².